The predicted molar refractivity (Wildman–Crippen MR) is 114 cm³/mol. The first kappa shape index (κ1) is 17.0. The lowest BCUT2D eigenvalue weighted by atomic mass is 10.1. The summed E-state index contributed by atoms with van der Waals surface area (Å²) >= 11 is 0. The van der Waals surface area contributed by atoms with E-state index in [1.165, 1.54) is 5.57 Å². The first-order chi connectivity index (χ1) is 14.8. The fourth-order valence-corrected chi connectivity index (χ4v) is 3.86. The number of rotatable bonds is 3. The second-order valence-electron chi connectivity index (χ2n) is 7.39. The van der Waals surface area contributed by atoms with Crippen molar-refractivity contribution in [2.75, 3.05) is 13.1 Å². The highest BCUT2D eigenvalue weighted by atomic mass is 15.2. The van der Waals surface area contributed by atoms with Gasteiger partial charge in [-0.25, -0.2) is 19.9 Å². The average molecular weight is 397 g/mol. The molecule has 0 unspecified atom stereocenters. The Balaban J connectivity index is 1.49. The summed E-state index contributed by atoms with van der Waals surface area (Å²) in [5, 5.41) is 10.9. The molecular weight excluding hydrogens is 378 g/mol. The second kappa shape index (κ2) is 6.60. The van der Waals surface area contributed by atoms with Crippen LogP contribution in [0.25, 0.3) is 45.0 Å². The van der Waals surface area contributed by atoms with E-state index in [4.69, 9.17) is 9.97 Å². The van der Waals surface area contributed by atoms with E-state index in [0.717, 1.165) is 58.8 Å². The molecule has 5 aromatic rings. The van der Waals surface area contributed by atoms with Crippen LogP contribution in [0.2, 0.25) is 0 Å². The van der Waals surface area contributed by atoms with Gasteiger partial charge in [-0.2, -0.15) is 5.10 Å². The summed E-state index contributed by atoms with van der Waals surface area (Å²) in [6.45, 7) is 3.79. The maximum atomic E-state index is 4.91. The van der Waals surface area contributed by atoms with Gasteiger partial charge in [0.25, 0.3) is 0 Å². The van der Waals surface area contributed by atoms with Crippen LogP contribution < -0.4 is 5.32 Å². The van der Waals surface area contributed by atoms with E-state index in [-0.39, 0.29) is 0 Å². The maximum absolute atomic E-state index is 4.91. The van der Waals surface area contributed by atoms with Crippen molar-refractivity contribution in [2.24, 2.45) is 0 Å². The van der Waals surface area contributed by atoms with Gasteiger partial charge in [0, 0.05) is 18.9 Å². The molecule has 0 saturated carbocycles. The van der Waals surface area contributed by atoms with Gasteiger partial charge in [-0.3, -0.25) is 9.67 Å². The van der Waals surface area contributed by atoms with E-state index in [1.54, 1.807) is 12.5 Å². The Hall–Kier alpha value is -3.85. The molecule has 6 heterocycles. The summed E-state index contributed by atoms with van der Waals surface area (Å²) in [5.41, 5.74) is 7.20. The molecule has 0 spiro atoms. The van der Waals surface area contributed by atoms with Crippen LogP contribution in [0.3, 0.4) is 0 Å². The molecule has 5 aromatic heterocycles. The molecule has 9 heteroatoms. The van der Waals surface area contributed by atoms with Gasteiger partial charge in [0.15, 0.2) is 17.3 Å². The highest BCUT2D eigenvalue weighted by molar-refractivity contribution is 5.92. The zero-order chi connectivity index (χ0) is 20.1. The molecule has 1 aliphatic rings. The molecule has 0 aliphatic carbocycles. The lowest BCUT2D eigenvalue weighted by Crippen LogP contribution is -2.20. The molecule has 9 nitrogen and oxygen atoms in total. The van der Waals surface area contributed by atoms with Crippen molar-refractivity contribution in [2.45, 2.75) is 13.3 Å². The lowest BCUT2D eigenvalue weighted by Gasteiger charge is -2.13. The molecule has 1 aliphatic heterocycles. The Labute approximate surface area is 171 Å². The Bertz CT molecular complexity index is 1420. The summed E-state index contributed by atoms with van der Waals surface area (Å²) in [7, 11) is 0. The SMILES string of the molecule is Cc1cn(-c2nccc3[nH]c(-c4n[nH]c5ccc(C6=CCNCC6)nc45)nc23)cn1. The monoisotopic (exact) mass is 397 g/mol. The van der Waals surface area contributed by atoms with Crippen LogP contribution in [0.4, 0.5) is 0 Å². The first-order valence-corrected chi connectivity index (χ1v) is 9.87. The maximum Gasteiger partial charge on any atom is 0.166 e. The van der Waals surface area contributed by atoms with Crippen molar-refractivity contribution in [3.63, 3.8) is 0 Å². The van der Waals surface area contributed by atoms with E-state index in [2.05, 4.69) is 36.5 Å². The summed E-state index contributed by atoms with van der Waals surface area (Å²) < 4.78 is 1.88. The molecule has 0 amide bonds. The van der Waals surface area contributed by atoms with Gasteiger partial charge >= 0.3 is 0 Å². The first-order valence-electron chi connectivity index (χ1n) is 9.87. The highest BCUT2D eigenvalue weighted by Crippen LogP contribution is 2.28. The summed E-state index contributed by atoms with van der Waals surface area (Å²) in [6.07, 6.45) is 8.60. The predicted octanol–water partition coefficient (Wildman–Crippen LogP) is 2.77. The van der Waals surface area contributed by atoms with E-state index < -0.39 is 0 Å². The van der Waals surface area contributed by atoms with Crippen molar-refractivity contribution in [1.29, 1.82) is 0 Å². The zero-order valence-electron chi connectivity index (χ0n) is 16.3. The number of H-pyrrole nitrogens is 2. The molecule has 0 bridgehead atoms. The normalized spacial score (nSPS) is 14.5. The van der Waals surface area contributed by atoms with Crippen LogP contribution in [0.5, 0.6) is 0 Å². The van der Waals surface area contributed by atoms with Gasteiger partial charge < -0.3 is 10.3 Å². The average Bonchev–Trinajstić information content (AvgIpc) is 3.51. The lowest BCUT2D eigenvalue weighted by molar-refractivity contribution is 0.737. The third-order valence-corrected chi connectivity index (χ3v) is 5.36. The molecule has 0 saturated heterocycles. The van der Waals surface area contributed by atoms with Crippen molar-refractivity contribution >= 4 is 27.6 Å². The topological polar surface area (TPSA) is 113 Å². The van der Waals surface area contributed by atoms with Crippen LogP contribution in [-0.2, 0) is 0 Å². The number of nitrogens with zero attached hydrogens (tertiary/aromatic N) is 6. The molecule has 30 heavy (non-hydrogen) atoms. The Morgan fingerprint density at radius 2 is 2.00 bits per heavy atom. The molecule has 3 N–H and O–H groups in total. The van der Waals surface area contributed by atoms with E-state index >= 15 is 0 Å². The summed E-state index contributed by atoms with van der Waals surface area (Å²) in [6, 6.07) is 5.98. The molecular formula is C21H19N9. The number of aromatic amines is 2. The van der Waals surface area contributed by atoms with Crippen LogP contribution in [0, 0.1) is 6.92 Å². The Kier molecular flexibility index (Phi) is 3.75. The van der Waals surface area contributed by atoms with Gasteiger partial charge in [-0.05, 0) is 43.7 Å². The van der Waals surface area contributed by atoms with E-state index in [1.807, 2.05) is 35.9 Å². The minimum atomic E-state index is 0.659. The molecule has 6 rings (SSSR count). The smallest absolute Gasteiger partial charge is 0.166 e. The van der Waals surface area contributed by atoms with Crippen LogP contribution in [0.15, 0.2) is 43.0 Å². The molecule has 0 atom stereocenters. The summed E-state index contributed by atoms with van der Waals surface area (Å²) in [5.74, 6) is 1.38. The molecule has 0 fully saturated rings. The van der Waals surface area contributed by atoms with Gasteiger partial charge in [-0.1, -0.05) is 6.08 Å². The Morgan fingerprint density at radius 1 is 1.03 bits per heavy atom. The van der Waals surface area contributed by atoms with Crippen LogP contribution >= 0.6 is 0 Å². The van der Waals surface area contributed by atoms with Crippen LogP contribution in [-0.4, -0.2) is 52.8 Å². The highest BCUT2D eigenvalue weighted by Gasteiger charge is 2.18. The third kappa shape index (κ3) is 2.71. The minimum Gasteiger partial charge on any atom is -0.336 e. The number of pyridine rings is 2. The summed E-state index contributed by atoms with van der Waals surface area (Å²) in [4.78, 5) is 21.9. The van der Waals surface area contributed by atoms with Crippen molar-refractivity contribution in [1.82, 2.24) is 45.0 Å². The molecule has 148 valence electrons. The third-order valence-electron chi connectivity index (χ3n) is 5.36. The second-order valence-corrected chi connectivity index (χ2v) is 7.39. The van der Waals surface area contributed by atoms with Crippen molar-refractivity contribution < 1.29 is 0 Å². The number of nitrogens with one attached hydrogen (secondary N) is 3. The van der Waals surface area contributed by atoms with Crippen molar-refractivity contribution in [3.8, 4) is 17.3 Å². The van der Waals surface area contributed by atoms with E-state index in [0.29, 0.717) is 11.5 Å². The number of fused-ring (bicyclic) bond motifs is 2. The zero-order valence-corrected chi connectivity index (χ0v) is 16.3. The largest absolute Gasteiger partial charge is 0.336 e. The van der Waals surface area contributed by atoms with Crippen LogP contribution in [0.1, 0.15) is 17.8 Å². The molecule has 0 aromatic carbocycles. The van der Waals surface area contributed by atoms with Gasteiger partial charge in [-0.15, -0.1) is 0 Å². The fourth-order valence-electron chi connectivity index (χ4n) is 3.86. The van der Waals surface area contributed by atoms with E-state index in [9.17, 15) is 0 Å². The molecule has 0 radical (unpaired) electrons. The number of hydrogen-bond acceptors (Lipinski definition) is 6. The van der Waals surface area contributed by atoms with Gasteiger partial charge in [0.1, 0.15) is 17.4 Å². The standard InChI is InChI=1S/C21H19N9/c1-12-10-30(11-24-12)21-18-15(6-9-23-21)26-20(27-18)19-17-16(28-29-19)3-2-14(25-17)13-4-7-22-8-5-13/h2-4,6,9-11,22H,5,7-8H2,1H3,(H,26,27)(H,28,29). The fraction of sp³-hybridized carbons (Fsp3) is 0.190. The number of hydrogen-bond donors (Lipinski definition) is 3. The van der Waals surface area contributed by atoms with Gasteiger partial charge in [0.2, 0.25) is 0 Å². The quantitative estimate of drug-likeness (QED) is 0.431. The minimum absolute atomic E-state index is 0.659. The van der Waals surface area contributed by atoms with Crippen molar-refractivity contribution in [3.05, 3.63) is 54.4 Å². The number of aromatic nitrogens is 8. The van der Waals surface area contributed by atoms with Gasteiger partial charge in [0.05, 0.1) is 22.4 Å². The number of aryl methyl sites for hydroxylation is 1. The number of imidazole rings is 2. The Morgan fingerprint density at radius 3 is 2.83 bits per heavy atom.